The Morgan fingerprint density at radius 1 is 1.26 bits per heavy atom. The summed E-state index contributed by atoms with van der Waals surface area (Å²) in [7, 11) is -1.34. The molecule has 1 N–H and O–H groups in total. The summed E-state index contributed by atoms with van der Waals surface area (Å²) in [4.78, 5) is 12.2. The number of hydrogen-bond acceptors (Lipinski definition) is 3. The van der Waals surface area contributed by atoms with Gasteiger partial charge in [0.25, 0.3) is 0 Å². The second-order valence-electron chi connectivity index (χ2n) is 5.18. The highest BCUT2D eigenvalue weighted by molar-refractivity contribution is 7.86. The number of carbonyl (C=O) groups excluding carboxylic acids is 1. The first kappa shape index (κ1) is 14.0. The summed E-state index contributed by atoms with van der Waals surface area (Å²) in [6.07, 6.45) is 1.58. The van der Waals surface area contributed by atoms with Crippen molar-refractivity contribution in [3.63, 3.8) is 0 Å². The number of benzene rings is 1. The summed E-state index contributed by atoms with van der Waals surface area (Å²) in [6.45, 7) is 3.98. The van der Waals surface area contributed by atoms with Crippen molar-refractivity contribution in [1.82, 2.24) is 0 Å². The van der Waals surface area contributed by atoms with Crippen molar-refractivity contribution < 1.29 is 14.1 Å². The van der Waals surface area contributed by atoms with Gasteiger partial charge in [-0.3, -0.25) is 9.00 Å². The predicted octanol–water partition coefficient (Wildman–Crippen LogP) is 2.85. The average molecular weight is 278 g/mol. The molecule has 1 aliphatic rings. The quantitative estimate of drug-likeness (QED) is 0.925. The molecule has 1 aromatic carbocycles. The molecule has 1 aliphatic carbocycles. The number of hydrogen-bond donors (Lipinski definition) is 1. The van der Waals surface area contributed by atoms with Crippen molar-refractivity contribution in [3.05, 3.63) is 42.2 Å². The van der Waals surface area contributed by atoms with Gasteiger partial charge in [0, 0.05) is 17.4 Å². The van der Waals surface area contributed by atoms with Crippen molar-refractivity contribution in [2.45, 2.75) is 30.4 Å². The summed E-state index contributed by atoms with van der Waals surface area (Å²) >= 11 is 0. The number of carbonyl (C=O) groups is 1. The van der Waals surface area contributed by atoms with Gasteiger partial charge in [-0.25, -0.2) is 0 Å². The zero-order valence-electron chi connectivity index (χ0n) is 11.1. The van der Waals surface area contributed by atoms with Gasteiger partial charge in [0.15, 0.2) is 5.78 Å². The molecule has 19 heavy (non-hydrogen) atoms. The molecule has 0 saturated heterocycles. The lowest BCUT2D eigenvalue weighted by Gasteiger charge is -2.31. The zero-order valence-corrected chi connectivity index (χ0v) is 11.9. The Bertz CT molecular complexity index is 519. The zero-order chi connectivity index (χ0) is 14.0. The second-order valence-corrected chi connectivity index (χ2v) is 6.75. The largest absolute Gasteiger partial charge is 0.511 e. The van der Waals surface area contributed by atoms with Gasteiger partial charge >= 0.3 is 0 Å². The van der Waals surface area contributed by atoms with Crippen molar-refractivity contribution in [1.29, 1.82) is 0 Å². The molecule has 0 aromatic heterocycles. The highest BCUT2D eigenvalue weighted by Gasteiger charge is 2.37. The lowest BCUT2D eigenvalue weighted by molar-refractivity contribution is -0.116. The van der Waals surface area contributed by atoms with Gasteiger partial charge in [-0.15, -0.1) is 0 Å². The smallest absolute Gasteiger partial charge is 0.159 e. The Labute approximate surface area is 115 Å². The minimum absolute atomic E-state index is 0.0443. The van der Waals surface area contributed by atoms with Crippen LogP contribution in [-0.4, -0.2) is 20.3 Å². The number of allylic oxidation sites excluding steroid dienone is 1. The van der Waals surface area contributed by atoms with Gasteiger partial charge < -0.3 is 5.11 Å². The molecule has 0 amide bonds. The van der Waals surface area contributed by atoms with Crippen LogP contribution in [0.15, 0.2) is 47.1 Å². The van der Waals surface area contributed by atoms with Gasteiger partial charge in [0.05, 0.1) is 10.8 Å². The normalized spacial score (nSPS) is 25.2. The van der Waals surface area contributed by atoms with Crippen LogP contribution < -0.4 is 0 Å². The second kappa shape index (κ2) is 5.70. The van der Waals surface area contributed by atoms with Crippen LogP contribution in [0.25, 0.3) is 0 Å². The van der Waals surface area contributed by atoms with Crippen LogP contribution in [-0.2, 0) is 15.6 Å². The summed E-state index contributed by atoms with van der Waals surface area (Å²) in [5, 5.41) is 9.55. The van der Waals surface area contributed by atoms with E-state index in [-0.39, 0.29) is 23.4 Å². The van der Waals surface area contributed by atoms with Crippen LogP contribution in [0.3, 0.4) is 0 Å². The molecule has 3 nitrogen and oxygen atoms in total. The third-order valence-electron chi connectivity index (χ3n) is 3.49. The van der Waals surface area contributed by atoms with Crippen LogP contribution in [0, 0.1) is 11.8 Å². The van der Waals surface area contributed by atoms with E-state index >= 15 is 0 Å². The molecular weight excluding hydrogens is 260 g/mol. The van der Waals surface area contributed by atoms with E-state index in [2.05, 4.69) is 0 Å². The Kier molecular flexibility index (Phi) is 4.20. The van der Waals surface area contributed by atoms with E-state index < -0.39 is 16.0 Å². The summed E-state index contributed by atoms with van der Waals surface area (Å²) in [6, 6.07) is 9.09. The van der Waals surface area contributed by atoms with E-state index in [1.165, 1.54) is 6.08 Å². The molecule has 3 atom stereocenters. The molecule has 102 valence electrons. The number of ketones is 1. The number of aliphatic hydroxyl groups is 1. The topological polar surface area (TPSA) is 54.4 Å². The van der Waals surface area contributed by atoms with Crippen molar-refractivity contribution in [2.75, 3.05) is 0 Å². The molecule has 4 heteroatoms. The lowest BCUT2D eigenvalue weighted by atomic mass is 9.83. The maximum atomic E-state index is 12.6. The molecular formula is C15H18O3S. The first-order valence-electron chi connectivity index (χ1n) is 6.39. The molecule has 2 rings (SSSR count). The Morgan fingerprint density at radius 3 is 2.47 bits per heavy atom. The number of aliphatic hydroxyl groups excluding tert-OH is 1. The Hall–Kier alpha value is -1.42. The maximum Gasteiger partial charge on any atom is 0.159 e. The summed E-state index contributed by atoms with van der Waals surface area (Å²) in [5.74, 6) is -0.0225. The minimum Gasteiger partial charge on any atom is -0.511 e. The van der Waals surface area contributed by atoms with Gasteiger partial charge in [-0.2, -0.15) is 0 Å². The third kappa shape index (κ3) is 2.95. The Morgan fingerprint density at radius 2 is 1.89 bits per heavy atom. The van der Waals surface area contributed by atoms with Crippen molar-refractivity contribution in [3.8, 4) is 0 Å². The van der Waals surface area contributed by atoms with E-state index in [1.54, 1.807) is 12.1 Å². The fraction of sp³-hybridized carbons (Fsp3) is 0.400. The van der Waals surface area contributed by atoms with E-state index in [1.807, 2.05) is 32.0 Å². The molecule has 0 bridgehead atoms. The molecule has 0 radical (unpaired) electrons. The van der Waals surface area contributed by atoms with Crippen LogP contribution in [0.4, 0.5) is 0 Å². The summed E-state index contributed by atoms with van der Waals surface area (Å²) in [5.41, 5.74) is 0. The first-order chi connectivity index (χ1) is 9.00. The van der Waals surface area contributed by atoms with E-state index in [9.17, 15) is 14.1 Å². The highest BCUT2D eigenvalue weighted by atomic mass is 32.2. The van der Waals surface area contributed by atoms with Crippen LogP contribution >= 0.6 is 0 Å². The highest BCUT2D eigenvalue weighted by Crippen LogP contribution is 2.33. The first-order valence-corrected chi connectivity index (χ1v) is 7.61. The van der Waals surface area contributed by atoms with Gasteiger partial charge in [-0.05, 0) is 24.0 Å². The molecule has 0 saturated carbocycles. The van der Waals surface area contributed by atoms with Gasteiger partial charge in [0.1, 0.15) is 11.0 Å². The van der Waals surface area contributed by atoms with E-state index in [0.29, 0.717) is 11.3 Å². The average Bonchev–Trinajstić information content (AvgIpc) is 2.38. The Balaban J connectivity index is 2.37. The lowest BCUT2D eigenvalue weighted by Crippen LogP contribution is -2.36. The van der Waals surface area contributed by atoms with Gasteiger partial charge in [0.2, 0.25) is 0 Å². The molecule has 3 unspecified atom stereocenters. The third-order valence-corrected chi connectivity index (χ3v) is 5.28. The molecule has 0 spiro atoms. The van der Waals surface area contributed by atoms with Crippen LogP contribution in [0.2, 0.25) is 0 Å². The van der Waals surface area contributed by atoms with Crippen molar-refractivity contribution >= 4 is 16.6 Å². The summed E-state index contributed by atoms with van der Waals surface area (Å²) < 4.78 is 12.6. The maximum absolute atomic E-state index is 12.6. The molecule has 0 heterocycles. The molecule has 1 aromatic rings. The molecule has 0 fully saturated rings. The predicted molar refractivity (Wildman–Crippen MR) is 75.3 cm³/mol. The molecule has 0 aliphatic heterocycles. The SMILES string of the molecule is CC(C)C1CC(=O)C=C(O)C1S(=O)c1ccccc1. The van der Waals surface area contributed by atoms with Crippen LogP contribution in [0.5, 0.6) is 0 Å². The van der Waals surface area contributed by atoms with Gasteiger partial charge in [-0.1, -0.05) is 32.0 Å². The fourth-order valence-electron chi connectivity index (χ4n) is 2.42. The number of rotatable bonds is 3. The van der Waals surface area contributed by atoms with Crippen LogP contribution in [0.1, 0.15) is 20.3 Å². The van der Waals surface area contributed by atoms with E-state index in [4.69, 9.17) is 0 Å². The van der Waals surface area contributed by atoms with Crippen molar-refractivity contribution in [2.24, 2.45) is 11.8 Å². The van der Waals surface area contributed by atoms with E-state index in [0.717, 1.165) is 0 Å². The standard InChI is InChI=1S/C15H18O3S/c1-10(2)13-8-11(16)9-14(17)15(13)19(18)12-6-4-3-5-7-12/h3-7,9-10,13,15,17H,8H2,1-2H3. The fourth-order valence-corrected chi connectivity index (χ4v) is 4.15. The minimum atomic E-state index is -1.34. The monoisotopic (exact) mass is 278 g/mol.